The third-order valence-corrected chi connectivity index (χ3v) is 2.49. The highest BCUT2D eigenvalue weighted by Crippen LogP contribution is 1.84. The van der Waals surface area contributed by atoms with Crippen LogP contribution in [-0.4, -0.2) is 44.2 Å². The molecule has 6 nitrogen and oxygen atoms in total. The highest BCUT2D eigenvalue weighted by Gasteiger charge is 2.26. The van der Waals surface area contributed by atoms with Gasteiger partial charge in [-0.25, -0.2) is 0 Å². The maximum Gasteiger partial charge on any atom is 0.133 e. The summed E-state index contributed by atoms with van der Waals surface area (Å²) < 4.78 is 0. The summed E-state index contributed by atoms with van der Waals surface area (Å²) in [6, 6.07) is -0.964. The molecule has 1 atom stereocenters. The number of carboxylic acids is 2. The van der Waals surface area contributed by atoms with Crippen LogP contribution in [0.5, 0.6) is 0 Å². The number of carbonyl (C=O) groups excluding carboxylic acids is 2. The van der Waals surface area contributed by atoms with E-state index in [1.165, 1.54) is 0 Å². The van der Waals surface area contributed by atoms with Gasteiger partial charge in [-0.05, 0) is 0 Å². The van der Waals surface area contributed by atoms with Crippen LogP contribution in [0.4, 0.5) is 0 Å². The number of hydrogen-bond donors (Lipinski definition) is 2. The van der Waals surface area contributed by atoms with Gasteiger partial charge in [0.15, 0.2) is 0 Å². The fourth-order valence-corrected chi connectivity index (χ4v) is 1.75. The number of hydrogen-bond acceptors (Lipinski definition) is 4. The van der Waals surface area contributed by atoms with Crippen LogP contribution in [0.25, 0.3) is 0 Å². The van der Waals surface area contributed by atoms with Crippen LogP contribution in [0, 0.1) is 0 Å². The standard InChI is InChI=1S/C8H14N2O4/c11-7(12)5-6(8(13)14)10-3-1-9-2-4-10/h6,9H,1-5H2,(H,11,12)(H,13,14)/t6-/m0/s1. The molecule has 6 heteroatoms. The minimum Gasteiger partial charge on any atom is -0.550 e. The van der Waals surface area contributed by atoms with Crippen LogP contribution in [0.2, 0.25) is 0 Å². The van der Waals surface area contributed by atoms with Crippen molar-refractivity contribution in [3.8, 4) is 0 Å². The number of nitrogens with one attached hydrogen (secondary N) is 1. The summed E-state index contributed by atoms with van der Waals surface area (Å²) in [5, 5.41) is 23.1. The van der Waals surface area contributed by atoms with Crippen molar-refractivity contribution in [1.29, 1.82) is 0 Å². The van der Waals surface area contributed by atoms with Crippen LogP contribution in [-0.2, 0) is 9.59 Å². The minimum atomic E-state index is -1.33. The smallest absolute Gasteiger partial charge is 0.133 e. The highest BCUT2D eigenvalue weighted by molar-refractivity contribution is 5.76. The summed E-state index contributed by atoms with van der Waals surface area (Å²) in [4.78, 5) is 21.8. The lowest BCUT2D eigenvalue weighted by atomic mass is 10.1. The summed E-state index contributed by atoms with van der Waals surface area (Å²) in [6.07, 6.45) is -0.461. The van der Waals surface area contributed by atoms with Crippen LogP contribution in [0.1, 0.15) is 6.42 Å². The van der Waals surface area contributed by atoms with Crippen molar-refractivity contribution in [3.05, 3.63) is 0 Å². The lowest BCUT2D eigenvalue weighted by Gasteiger charge is -2.31. The Morgan fingerprint density at radius 3 is 2.29 bits per heavy atom. The zero-order valence-electron chi connectivity index (χ0n) is 7.82. The monoisotopic (exact) mass is 202 g/mol. The van der Waals surface area contributed by atoms with Gasteiger partial charge in [0.25, 0.3) is 0 Å². The Morgan fingerprint density at radius 1 is 1.29 bits per heavy atom. The first kappa shape index (κ1) is 10.9. The fourth-order valence-electron chi connectivity index (χ4n) is 1.75. The topological polar surface area (TPSA) is 101 Å². The molecule has 1 rings (SSSR count). The first-order valence-corrected chi connectivity index (χ1v) is 4.68. The van der Waals surface area contributed by atoms with Crippen molar-refractivity contribution in [3.63, 3.8) is 0 Å². The van der Waals surface area contributed by atoms with E-state index in [1.54, 1.807) is 0 Å². The molecule has 14 heavy (non-hydrogen) atoms. The number of aliphatic carboxylic acids is 2. The van der Waals surface area contributed by atoms with Gasteiger partial charge in [0.05, 0.1) is 5.97 Å². The zero-order valence-corrected chi connectivity index (χ0v) is 7.82. The van der Waals surface area contributed by atoms with Gasteiger partial charge >= 0.3 is 0 Å². The number of quaternary nitrogens is 2. The minimum absolute atomic E-state index is 0.461. The Labute approximate surface area is 81.5 Å². The van der Waals surface area contributed by atoms with Gasteiger partial charge in [0.2, 0.25) is 0 Å². The van der Waals surface area contributed by atoms with E-state index in [-0.39, 0.29) is 0 Å². The second kappa shape index (κ2) is 4.92. The van der Waals surface area contributed by atoms with E-state index in [1.807, 2.05) is 0 Å². The molecule has 1 heterocycles. The lowest BCUT2D eigenvalue weighted by molar-refractivity contribution is -0.961. The number of nitrogens with two attached hydrogens (primary N) is 1. The van der Waals surface area contributed by atoms with Gasteiger partial charge < -0.3 is 30.0 Å². The molecule has 1 aliphatic heterocycles. The average Bonchev–Trinajstić information content (AvgIpc) is 2.15. The van der Waals surface area contributed by atoms with E-state index in [0.717, 1.165) is 18.0 Å². The van der Waals surface area contributed by atoms with Crippen LogP contribution in [0.3, 0.4) is 0 Å². The van der Waals surface area contributed by atoms with Crippen molar-refractivity contribution in [1.82, 2.24) is 0 Å². The van der Waals surface area contributed by atoms with E-state index in [4.69, 9.17) is 0 Å². The van der Waals surface area contributed by atoms with E-state index < -0.39 is 24.4 Å². The molecule has 0 aliphatic carbocycles. The van der Waals surface area contributed by atoms with Crippen molar-refractivity contribution >= 4 is 11.9 Å². The zero-order chi connectivity index (χ0) is 10.6. The first-order valence-electron chi connectivity index (χ1n) is 4.68. The largest absolute Gasteiger partial charge is 0.550 e. The highest BCUT2D eigenvalue weighted by atomic mass is 16.4. The molecule has 0 unspecified atom stereocenters. The van der Waals surface area contributed by atoms with Crippen molar-refractivity contribution in [2.24, 2.45) is 0 Å². The number of piperazine rings is 1. The molecule has 0 aromatic rings. The molecule has 1 aliphatic rings. The van der Waals surface area contributed by atoms with Crippen molar-refractivity contribution in [2.75, 3.05) is 26.2 Å². The quantitative estimate of drug-likeness (QED) is 0.473. The van der Waals surface area contributed by atoms with Crippen molar-refractivity contribution in [2.45, 2.75) is 12.5 Å². The van der Waals surface area contributed by atoms with Gasteiger partial charge in [-0.1, -0.05) is 0 Å². The Hall–Kier alpha value is -1.14. The maximum atomic E-state index is 10.7. The molecule has 0 amide bonds. The number of rotatable bonds is 4. The maximum absolute atomic E-state index is 10.7. The molecule has 1 saturated heterocycles. The van der Waals surface area contributed by atoms with E-state index in [0.29, 0.717) is 13.1 Å². The summed E-state index contributed by atoms with van der Waals surface area (Å²) >= 11 is 0. The fraction of sp³-hybridized carbons (Fsp3) is 0.750. The average molecular weight is 202 g/mol. The number of carbonyl (C=O) groups is 2. The molecule has 1 fully saturated rings. The lowest BCUT2D eigenvalue weighted by Crippen LogP contribution is -3.24. The second-order valence-corrected chi connectivity index (χ2v) is 3.47. The predicted octanol–water partition coefficient (Wildman–Crippen LogP) is -6.29. The third kappa shape index (κ3) is 2.97. The van der Waals surface area contributed by atoms with Crippen LogP contribution < -0.4 is 20.4 Å². The Bertz CT molecular complexity index is 225. The van der Waals surface area contributed by atoms with Gasteiger partial charge in [-0.3, -0.25) is 0 Å². The predicted molar refractivity (Wildman–Crippen MR) is 40.8 cm³/mol. The van der Waals surface area contributed by atoms with Gasteiger partial charge in [-0.2, -0.15) is 0 Å². The summed E-state index contributed by atoms with van der Waals surface area (Å²) in [5.74, 6) is -2.63. The molecular weight excluding hydrogens is 188 g/mol. The third-order valence-electron chi connectivity index (χ3n) is 2.49. The first-order chi connectivity index (χ1) is 6.61. The molecule has 0 saturated carbocycles. The molecule has 0 bridgehead atoms. The normalized spacial score (nSPS) is 20.3. The van der Waals surface area contributed by atoms with E-state index in [2.05, 4.69) is 5.32 Å². The van der Waals surface area contributed by atoms with Gasteiger partial charge in [0.1, 0.15) is 32.2 Å². The summed E-state index contributed by atoms with van der Waals surface area (Å²) in [5.41, 5.74) is 0. The van der Waals surface area contributed by atoms with Gasteiger partial charge in [0, 0.05) is 12.4 Å². The number of carboxylic acid groups (broad SMARTS) is 2. The Morgan fingerprint density at radius 2 is 1.86 bits per heavy atom. The van der Waals surface area contributed by atoms with Gasteiger partial charge in [-0.15, -0.1) is 0 Å². The molecule has 0 radical (unpaired) electrons. The molecule has 0 spiro atoms. The molecule has 80 valence electrons. The van der Waals surface area contributed by atoms with Crippen LogP contribution >= 0.6 is 0 Å². The summed E-state index contributed by atoms with van der Waals surface area (Å²) in [6.45, 7) is 2.97. The Kier molecular flexibility index (Phi) is 3.84. The Balaban J connectivity index is 2.56. The van der Waals surface area contributed by atoms with E-state index in [9.17, 15) is 19.8 Å². The SMILES string of the molecule is O=C([O-])C[C@@H](C(=O)[O-])[NH+]1CC[NH2+]CC1. The molecular formula is C8H14N2O4. The van der Waals surface area contributed by atoms with Crippen molar-refractivity contribution < 1.29 is 30.0 Å². The molecule has 0 aromatic heterocycles. The second-order valence-electron chi connectivity index (χ2n) is 3.47. The molecule has 3 N–H and O–H groups in total. The van der Waals surface area contributed by atoms with E-state index >= 15 is 0 Å². The molecule has 0 aromatic carbocycles. The van der Waals surface area contributed by atoms with Crippen LogP contribution in [0.15, 0.2) is 0 Å². The summed E-state index contributed by atoms with van der Waals surface area (Å²) in [7, 11) is 0.